The monoisotopic (exact) mass is 286 g/mol. The number of rotatable bonds is 4. The summed E-state index contributed by atoms with van der Waals surface area (Å²) in [6.07, 6.45) is 1.85. The van der Waals surface area contributed by atoms with E-state index >= 15 is 0 Å². The summed E-state index contributed by atoms with van der Waals surface area (Å²) in [5, 5.41) is 1.80. The molecule has 0 saturated carbocycles. The van der Waals surface area contributed by atoms with Gasteiger partial charge in [0.2, 0.25) is 5.88 Å². The van der Waals surface area contributed by atoms with Gasteiger partial charge in [-0.3, -0.25) is 0 Å². The van der Waals surface area contributed by atoms with Gasteiger partial charge in [-0.2, -0.15) is 0 Å². The summed E-state index contributed by atoms with van der Waals surface area (Å²) in [5.74, 6) is 2.91. The van der Waals surface area contributed by atoms with Crippen molar-refractivity contribution < 1.29 is 14.0 Å². The molecule has 5 heteroatoms. The molecule has 5 nitrogen and oxygen atoms in total. The van der Waals surface area contributed by atoms with Crippen molar-refractivity contribution in [3.05, 3.63) is 65.4 Å². The van der Waals surface area contributed by atoms with Crippen molar-refractivity contribution >= 4 is 0 Å². The van der Waals surface area contributed by atoms with E-state index < -0.39 is 0 Å². The molecule has 0 bridgehead atoms. The Morgan fingerprint density at radius 3 is 2.57 bits per heavy atom. The predicted molar refractivity (Wildman–Crippen MR) is 78.1 cm³/mol. The lowest BCUT2D eigenvalue weighted by molar-refractivity contribution is -0.131. The first-order chi connectivity index (χ1) is 10.2. The lowest BCUT2D eigenvalue weighted by atomic mass is 10.1. The minimum Gasteiger partial charge on any atom is -0.497 e. The fourth-order valence-corrected chi connectivity index (χ4v) is 2.34. The van der Waals surface area contributed by atoms with Crippen LogP contribution in [-0.4, -0.2) is 12.2 Å². The zero-order chi connectivity index (χ0) is 14.8. The second-order valence-electron chi connectivity index (χ2n) is 4.98. The molecule has 0 amide bonds. The highest BCUT2D eigenvalue weighted by Crippen LogP contribution is 2.32. The number of nitrogens with zero attached hydrogens (tertiary/aromatic N) is 1. The number of aryl methyl sites for hydroxylation is 1. The van der Waals surface area contributed by atoms with E-state index in [1.165, 1.54) is 0 Å². The van der Waals surface area contributed by atoms with Gasteiger partial charge in [-0.05, 0) is 36.8 Å². The van der Waals surface area contributed by atoms with Gasteiger partial charge in [0.15, 0.2) is 0 Å². The number of ether oxygens (including phenoxy) is 1. The molecule has 1 atom stereocenters. The van der Waals surface area contributed by atoms with Gasteiger partial charge in [0, 0.05) is 6.08 Å². The second kappa shape index (κ2) is 5.54. The number of methoxy groups -OCH3 is 1. The van der Waals surface area contributed by atoms with Crippen LogP contribution in [0.4, 0.5) is 0 Å². The van der Waals surface area contributed by atoms with Crippen LogP contribution in [-0.2, 0) is 11.4 Å². The van der Waals surface area contributed by atoms with Gasteiger partial charge in [-0.25, -0.2) is 0 Å². The highest BCUT2D eigenvalue weighted by atomic mass is 16.7. The molecule has 3 rings (SSSR count). The topological polar surface area (TPSA) is 60.9 Å². The molecule has 2 aromatic rings. The third kappa shape index (κ3) is 2.87. The Kier molecular flexibility index (Phi) is 3.58. The fourth-order valence-electron chi connectivity index (χ4n) is 2.34. The normalized spacial score (nSPS) is 18.4. The van der Waals surface area contributed by atoms with Crippen LogP contribution in [0.5, 0.6) is 5.75 Å². The highest BCUT2D eigenvalue weighted by molar-refractivity contribution is 5.27. The molecule has 1 unspecified atom stereocenters. The van der Waals surface area contributed by atoms with Crippen LogP contribution in [0.3, 0.4) is 0 Å². The van der Waals surface area contributed by atoms with Gasteiger partial charge in [-0.15, -0.1) is 5.06 Å². The maximum Gasteiger partial charge on any atom is 0.207 e. The summed E-state index contributed by atoms with van der Waals surface area (Å²) in [6, 6.07) is 11.6. The first-order valence-corrected chi connectivity index (χ1v) is 6.77. The zero-order valence-electron chi connectivity index (χ0n) is 12.1. The van der Waals surface area contributed by atoms with Crippen LogP contribution in [0.25, 0.3) is 0 Å². The highest BCUT2D eigenvalue weighted by Gasteiger charge is 2.29. The van der Waals surface area contributed by atoms with Crippen molar-refractivity contribution in [2.75, 3.05) is 7.11 Å². The second-order valence-corrected chi connectivity index (χ2v) is 4.98. The lowest BCUT2D eigenvalue weighted by Gasteiger charge is -2.21. The van der Waals surface area contributed by atoms with Crippen molar-refractivity contribution in [3.63, 3.8) is 0 Å². The van der Waals surface area contributed by atoms with Crippen LogP contribution in [0.1, 0.15) is 23.1 Å². The summed E-state index contributed by atoms with van der Waals surface area (Å²) in [5.41, 5.74) is 6.90. The van der Waals surface area contributed by atoms with Gasteiger partial charge in [0.1, 0.15) is 23.3 Å². The third-order valence-electron chi connectivity index (χ3n) is 3.41. The SMILES string of the molecule is COc1ccc(CN2OC(N)=CC2c2ccc(C)o2)cc1. The van der Waals surface area contributed by atoms with Crippen LogP contribution in [0, 0.1) is 6.92 Å². The average molecular weight is 286 g/mol. The van der Waals surface area contributed by atoms with Crippen LogP contribution >= 0.6 is 0 Å². The maximum absolute atomic E-state index is 5.79. The van der Waals surface area contributed by atoms with E-state index in [9.17, 15) is 0 Å². The number of hydrogen-bond donors (Lipinski definition) is 1. The first kappa shape index (κ1) is 13.6. The van der Waals surface area contributed by atoms with Gasteiger partial charge in [0.25, 0.3) is 0 Å². The molecule has 1 aliphatic heterocycles. The van der Waals surface area contributed by atoms with Gasteiger partial charge < -0.3 is 19.7 Å². The standard InChI is InChI=1S/C16H18N2O3/c1-11-3-8-15(20-11)14-9-16(17)21-18(14)10-12-4-6-13(19-2)7-5-12/h3-9,14H,10,17H2,1-2H3. The summed E-state index contributed by atoms with van der Waals surface area (Å²) in [6.45, 7) is 2.52. The largest absolute Gasteiger partial charge is 0.497 e. The summed E-state index contributed by atoms with van der Waals surface area (Å²) in [4.78, 5) is 5.58. The lowest BCUT2D eigenvalue weighted by Crippen LogP contribution is -2.22. The molecular formula is C16H18N2O3. The van der Waals surface area contributed by atoms with E-state index in [4.69, 9.17) is 19.7 Å². The Hall–Kier alpha value is -2.40. The van der Waals surface area contributed by atoms with Gasteiger partial charge in [0.05, 0.1) is 13.7 Å². The van der Waals surface area contributed by atoms with E-state index in [2.05, 4.69) is 0 Å². The van der Waals surface area contributed by atoms with Crippen LogP contribution in [0.15, 0.2) is 52.8 Å². The van der Waals surface area contributed by atoms with Crippen molar-refractivity contribution in [3.8, 4) is 5.75 Å². The Labute approximate surface area is 123 Å². The van der Waals surface area contributed by atoms with Crippen molar-refractivity contribution in [2.45, 2.75) is 19.5 Å². The molecular weight excluding hydrogens is 268 g/mol. The van der Waals surface area contributed by atoms with Crippen molar-refractivity contribution in [1.82, 2.24) is 5.06 Å². The van der Waals surface area contributed by atoms with E-state index in [1.54, 1.807) is 12.2 Å². The van der Waals surface area contributed by atoms with Crippen molar-refractivity contribution in [1.29, 1.82) is 0 Å². The zero-order valence-corrected chi connectivity index (χ0v) is 12.1. The smallest absolute Gasteiger partial charge is 0.207 e. The quantitative estimate of drug-likeness (QED) is 0.936. The Morgan fingerprint density at radius 1 is 1.19 bits per heavy atom. The molecule has 1 aliphatic rings. The predicted octanol–water partition coefficient (Wildman–Crippen LogP) is 2.89. The van der Waals surface area contributed by atoms with Crippen molar-refractivity contribution in [2.24, 2.45) is 5.73 Å². The van der Waals surface area contributed by atoms with Crippen LogP contribution in [0.2, 0.25) is 0 Å². The maximum atomic E-state index is 5.79. The molecule has 0 fully saturated rings. The summed E-state index contributed by atoms with van der Waals surface area (Å²) in [7, 11) is 1.65. The molecule has 0 saturated heterocycles. The number of hydrogen-bond acceptors (Lipinski definition) is 5. The molecule has 2 heterocycles. The molecule has 0 spiro atoms. The number of hydroxylamine groups is 2. The molecule has 1 aromatic heterocycles. The summed E-state index contributed by atoms with van der Waals surface area (Å²) < 4.78 is 10.8. The number of furan rings is 1. The number of benzene rings is 1. The van der Waals surface area contributed by atoms with Gasteiger partial charge in [-0.1, -0.05) is 12.1 Å². The first-order valence-electron chi connectivity index (χ1n) is 6.77. The molecule has 0 aliphatic carbocycles. The third-order valence-corrected chi connectivity index (χ3v) is 3.41. The molecule has 0 radical (unpaired) electrons. The van der Waals surface area contributed by atoms with Crippen LogP contribution < -0.4 is 10.5 Å². The minimum absolute atomic E-state index is 0.110. The summed E-state index contributed by atoms with van der Waals surface area (Å²) >= 11 is 0. The number of nitrogens with two attached hydrogens (primary N) is 1. The Balaban J connectivity index is 1.77. The molecule has 1 aromatic carbocycles. The van der Waals surface area contributed by atoms with Gasteiger partial charge >= 0.3 is 0 Å². The molecule has 21 heavy (non-hydrogen) atoms. The fraction of sp³-hybridized carbons (Fsp3) is 0.250. The van der Waals surface area contributed by atoms with E-state index in [-0.39, 0.29) is 6.04 Å². The molecule has 2 N–H and O–H groups in total. The Morgan fingerprint density at radius 2 is 1.95 bits per heavy atom. The van der Waals surface area contributed by atoms with E-state index in [0.717, 1.165) is 22.8 Å². The minimum atomic E-state index is -0.110. The Bertz CT molecular complexity index is 646. The van der Waals surface area contributed by atoms with E-state index in [1.807, 2.05) is 49.4 Å². The van der Waals surface area contributed by atoms with E-state index in [0.29, 0.717) is 12.4 Å². The molecule has 110 valence electrons. The average Bonchev–Trinajstić information content (AvgIpc) is 3.06.